The van der Waals surface area contributed by atoms with Gasteiger partial charge in [-0.25, -0.2) is 0 Å². The molecule has 0 aromatic heterocycles. The van der Waals surface area contributed by atoms with E-state index in [0.29, 0.717) is 0 Å². The molecule has 0 radical (unpaired) electrons. The maximum atomic E-state index is 5.67. The summed E-state index contributed by atoms with van der Waals surface area (Å²) in [6.07, 6.45) is 2.34. The Morgan fingerprint density at radius 3 is 2.88 bits per heavy atom. The third-order valence-corrected chi connectivity index (χ3v) is 4.04. The Labute approximate surface area is 110 Å². The lowest BCUT2D eigenvalue weighted by Gasteiger charge is -2.06. The third-order valence-electron chi connectivity index (χ3n) is 2.08. The van der Waals surface area contributed by atoms with E-state index in [-0.39, 0.29) is 0 Å². The zero-order chi connectivity index (χ0) is 11.8. The van der Waals surface area contributed by atoms with Gasteiger partial charge in [-0.2, -0.15) is 0 Å². The van der Waals surface area contributed by atoms with E-state index in [1.165, 1.54) is 11.3 Å². The molecule has 0 heterocycles. The van der Waals surface area contributed by atoms with Gasteiger partial charge in [0.05, 0.1) is 6.61 Å². The highest BCUT2D eigenvalue weighted by molar-refractivity contribution is 9.10. The molecule has 0 unspecified atom stereocenters. The monoisotopic (exact) mass is 303 g/mol. The van der Waals surface area contributed by atoms with Crippen LogP contribution in [0.15, 0.2) is 27.6 Å². The number of nitrogens with two attached hydrogens (primary N) is 1. The second kappa shape index (κ2) is 7.98. The van der Waals surface area contributed by atoms with Crippen molar-refractivity contribution in [2.75, 3.05) is 24.7 Å². The van der Waals surface area contributed by atoms with Crippen molar-refractivity contribution in [1.29, 1.82) is 0 Å². The van der Waals surface area contributed by atoms with Crippen LogP contribution in [0.3, 0.4) is 0 Å². The summed E-state index contributed by atoms with van der Waals surface area (Å²) in [5, 5.41) is 0. The first-order chi connectivity index (χ1) is 7.74. The van der Waals surface area contributed by atoms with Crippen molar-refractivity contribution in [3.05, 3.63) is 22.7 Å². The van der Waals surface area contributed by atoms with Crippen LogP contribution in [0.4, 0.5) is 5.69 Å². The molecule has 0 aliphatic carbocycles. The van der Waals surface area contributed by atoms with Gasteiger partial charge in [0.25, 0.3) is 0 Å². The molecule has 90 valence electrons. The zero-order valence-electron chi connectivity index (χ0n) is 9.54. The molecule has 0 bridgehead atoms. The van der Waals surface area contributed by atoms with Gasteiger partial charge < -0.3 is 10.5 Å². The molecule has 1 aromatic carbocycles. The molecular weight excluding hydrogens is 286 g/mol. The van der Waals surface area contributed by atoms with Gasteiger partial charge in [0.15, 0.2) is 0 Å². The summed E-state index contributed by atoms with van der Waals surface area (Å²) in [6.45, 7) is 3.85. The number of nitrogen functional groups attached to an aromatic ring is 1. The molecule has 16 heavy (non-hydrogen) atoms. The van der Waals surface area contributed by atoms with Gasteiger partial charge >= 0.3 is 0 Å². The Kier molecular flexibility index (Phi) is 6.92. The molecule has 0 fully saturated rings. The number of halogens is 1. The van der Waals surface area contributed by atoms with Crippen molar-refractivity contribution in [2.24, 2.45) is 0 Å². The number of rotatable bonds is 7. The van der Waals surface area contributed by atoms with Gasteiger partial charge in [-0.15, -0.1) is 11.8 Å². The fraction of sp³-hybridized carbons (Fsp3) is 0.500. The van der Waals surface area contributed by atoms with Crippen LogP contribution in [-0.4, -0.2) is 19.0 Å². The van der Waals surface area contributed by atoms with Crippen molar-refractivity contribution in [2.45, 2.75) is 24.7 Å². The summed E-state index contributed by atoms with van der Waals surface area (Å²) >= 11 is 5.29. The van der Waals surface area contributed by atoms with E-state index in [1.807, 2.05) is 18.2 Å². The lowest BCUT2D eigenvalue weighted by atomic mass is 10.3. The second-order valence-electron chi connectivity index (χ2n) is 3.50. The first-order valence-corrected chi connectivity index (χ1v) is 7.27. The number of ether oxygens (including phenoxy) is 1. The van der Waals surface area contributed by atoms with Gasteiger partial charge in [0, 0.05) is 27.4 Å². The number of hydrogen-bond acceptors (Lipinski definition) is 3. The standard InChI is InChI=1S/C12H18BrNOS/c1-2-3-6-15-7-8-16-12-5-4-10(14)9-11(12)13/h4-5,9H,2-3,6-8,14H2,1H3. The van der Waals surface area contributed by atoms with Crippen LogP contribution in [0, 0.1) is 0 Å². The summed E-state index contributed by atoms with van der Waals surface area (Å²) in [7, 11) is 0. The van der Waals surface area contributed by atoms with Gasteiger partial charge in [-0.3, -0.25) is 0 Å². The maximum absolute atomic E-state index is 5.67. The summed E-state index contributed by atoms with van der Waals surface area (Å²) in [4.78, 5) is 1.22. The molecule has 0 spiro atoms. The van der Waals surface area contributed by atoms with Gasteiger partial charge in [-0.05, 0) is 40.5 Å². The Morgan fingerprint density at radius 2 is 2.19 bits per heavy atom. The maximum Gasteiger partial charge on any atom is 0.0560 e. The molecule has 0 aliphatic rings. The third kappa shape index (κ3) is 5.23. The lowest BCUT2D eigenvalue weighted by Crippen LogP contribution is -1.98. The highest BCUT2D eigenvalue weighted by Gasteiger charge is 2.00. The molecule has 0 aliphatic heterocycles. The van der Waals surface area contributed by atoms with Crippen molar-refractivity contribution in [3.8, 4) is 0 Å². The molecule has 1 aromatic rings. The molecule has 0 amide bonds. The SMILES string of the molecule is CCCCOCCSc1ccc(N)cc1Br. The minimum Gasteiger partial charge on any atom is -0.399 e. The quantitative estimate of drug-likeness (QED) is 0.471. The summed E-state index contributed by atoms with van der Waals surface area (Å²) in [6, 6.07) is 5.89. The zero-order valence-corrected chi connectivity index (χ0v) is 11.9. The van der Waals surface area contributed by atoms with E-state index < -0.39 is 0 Å². The molecule has 0 saturated carbocycles. The number of hydrogen-bond donors (Lipinski definition) is 1. The molecule has 2 nitrogen and oxygen atoms in total. The lowest BCUT2D eigenvalue weighted by molar-refractivity contribution is 0.147. The van der Waals surface area contributed by atoms with Crippen LogP contribution in [0.2, 0.25) is 0 Å². The average molecular weight is 304 g/mol. The van der Waals surface area contributed by atoms with Crippen LogP contribution >= 0.6 is 27.7 Å². The normalized spacial score (nSPS) is 10.6. The largest absolute Gasteiger partial charge is 0.399 e. The topological polar surface area (TPSA) is 35.2 Å². The minimum absolute atomic E-state index is 0.787. The van der Waals surface area contributed by atoms with Crippen LogP contribution in [0.1, 0.15) is 19.8 Å². The number of thioether (sulfide) groups is 1. The van der Waals surface area contributed by atoms with Crippen LogP contribution < -0.4 is 5.73 Å². The van der Waals surface area contributed by atoms with Gasteiger partial charge in [0.2, 0.25) is 0 Å². The van der Waals surface area contributed by atoms with Crippen molar-refractivity contribution < 1.29 is 4.74 Å². The van der Waals surface area contributed by atoms with Crippen LogP contribution in [0.5, 0.6) is 0 Å². The van der Waals surface area contributed by atoms with Crippen molar-refractivity contribution >= 4 is 33.4 Å². The first-order valence-electron chi connectivity index (χ1n) is 5.49. The Morgan fingerprint density at radius 1 is 1.38 bits per heavy atom. The van der Waals surface area contributed by atoms with E-state index in [4.69, 9.17) is 10.5 Å². The molecule has 0 saturated heterocycles. The smallest absolute Gasteiger partial charge is 0.0560 e. The Balaban J connectivity index is 2.21. The highest BCUT2D eigenvalue weighted by Crippen LogP contribution is 2.28. The van der Waals surface area contributed by atoms with E-state index in [0.717, 1.165) is 35.5 Å². The van der Waals surface area contributed by atoms with Crippen molar-refractivity contribution in [1.82, 2.24) is 0 Å². The average Bonchev–Trinajstić information content (AvgIpc) is 2.26. The minimum atomic E-state index is 0.787. The summed E-state index contributed by atoms with van der Waals surface area (Å²) < 4.78 is 6.56. The number of benzene rings is 1. The van der Waals surface area contributed by atoms with Crippen LogP contribution in [0.25, 0.3) is 0 Å². The molecule has 2 N–H and O–H groups in total. The van der Waals surface area contributed by atoms with Crippen LogP contribution in [-0.2, 0) is 4.74 Å². The Bertz CT molecular complexity index is 320. The van der Waals surface area contributed by atoms with E-state index in [2.05, 4.69) is 22.9 Å². The Hall–Kier alpha value is -0.190. The van der Waals surface area contributed by atoms with E-state index >= 15 is 0 Å². The van der Waals surface area contributed by atoms with E-state index in [9.17, 15) is 0 Å². The summed E-state index contributed by atoms with van der Waals surface area (Å²) in [5.41, 5.74) is 6.46. The van der Waals surface area contributed by atoms with Crippen molar-refractivity contribution in [3.63, 3.8) is 0 Å². The van der Waals surface area contributed by atoms with Gasteiger partial charge in [0.1, 0.15) is 0 Å². The molecular formula is C12H18BrNOS. The molecule has 0 atom stereocenters. The fourth-order valence-corrected chi connectivity index (χ4v) is 2.72. The molecule has 1 rings (SSSR count). The summed E-state index contributed by atoms with van der Waals surface area (Å²) in [5.74, 6) is 0.978. The van der Waals surface area contributed by atoms with Gasteiger partial charge in [-0.1, -0.05) is 13.3 Å². The fourth-order valence-electron chi connectivity index (χ4n) is 1.19. The first kappa shape index (κ1) is 13.9. The number of unbranched alkanes of at least 4 members (excludes halogenated alkanes) is 1. The predicted molar refractivity (Wildman–Crippen MR) is 75.0 cm³/mol. The second-order valence-corrected chi connectivity index (χ2v) is 5.50. The number of anilines is 1. The highest BCUT2D eigenvalue weighted by atomic mass is 79.9. The molecule has 4 heteroatoms. The van der Waals surface area contributed by atoms with E-state index in [1.54, 1.807) is 11.8 Å². The predicted octanol–water partition coefficient (Wildman–Crippen LogP) is 3.94.